The summed E-state index contributed by atoms with van der Waals surface area (Å²) >= 11 is 0. The Kier molecular flexibility index (Phi) is 5.01. The van der Waals surface area contributed by atoms with E-state index in [2.05, 4.69) is 5.32 Å². The van der Waals surface area contributed by atoms with Crippen molar-refractivity contribution in [3.63, 3.8) is 0 Å². The van der Waals surface area contributed by atoms with Gasteiger partial charge in [0.1, 0.15) is 0 Å². The van der Waals surface area contributed by atoms with Crippen LogP contribution in [0.25, 0.3) is 0 Å². The third kappa shape index (κ3) is 3.51. The summed E-state index contributed by atoms with van der Waals surface area (Å²) in [5.41, 5.74) is 3.39. The van der Waals surface area contributed by atoms with Crippen LogP contribution in [0.5, 0.6) is 0 Å². The fourth-order valence-corrected chi connectivity index (χ4v) is 2.73. The molecule has 0 aromatic heterocycles. The standard InChI is InChI=1S/C16H24N2O2/c1-12-4-3-5-13(2)16(12)17-10-15(20)18-8-6-14(11-19)7-9-18/h3-5,14,17,19H,6-11H2,1-2H3. The first-order valence-electron chi connectivity index (χ1n) is 7.30. The number of aliphatic hydroxyl groups is 1. The maximum atomic E-state index is 12.2. The molecule has 0 aliphatic carbocycles. The van der Waals surface area contributed by atoms with Crippen LogP contribution in [0.15, 0.2) is 18.2 Å². The lowest BCUT2D eigenvalue weighted by atomic mass is 9.98. The molecule has 0 spiro atoms. The van der Waals surface area contributed by atoms with Crippen molar-refractivity contribution in [2.75, 3.05) is 31.6 Å². The maximum Gasteiger partial charge on any atom is 0.241 e. The van der Waals surface area contributed by atoms with Crippen molar-refractivity contribution in [2.24, 2.45) is 5.92 Å². The van der Waals surface area contributed by atoms with Crippen LogP contribution in [0.4, 0.5) is 5.69 Å². The molecule has 0 atom stereocenters. The minimum Gasteiger partial charge on any atom is -0.396 e. The van der Waals surface area contributed by atoms with Crippen LogP contribution in [0.2, 0.25) is 0 Å². The van der Waals surface area contributed by atoms with Gasteiger partial charge in [-0.05, 0) is 43.7 Å². The molecule has 1 amide bonds. The van der Waals surface area contributed by atoms with Gasteiger partial charge in [0.2, 0.25) is 5.91 Å². The molecular formula is C16H24N2O2. The van der Waals surface area contributed by atoms with Crippen LogP contribution in [-0.4, -0.2) is 42.2 Å². The zero-order valence-electron chi connectivity index (χ0n) is 12.4. The van der Waals surface area contributed by atoms with Crippen LogP contribution in [0, 0.1) is 19.8 Å². The second kappa shape index (κ2) is 6.75. The average molecular weight is 276 g/mol. The predicted molar refractivity (Wildman–Crippen MR) is 80.8 cm³/mol. The Hall–Kier alpha value is -1.55. The number of piperidine rings is 1. The monoisotopic (exact) mass is 276 g/mol. The summed E-state index contributed by atoms with van der Waals surface area (Å²) in [6.45, 7) is 6.20. The molecule has 1 aliphatic heterocycles. The zero-order valence-corrected chi connectivity index (χ0v) is 12.4. The molecule has 2 N–H and O–H groups in total. The van der Waals surface area contributed by atoms with Crippen molar-refractivity contribution in [3.05, 3.63) is 29.3 Å². The molecule has 4 heteroatoms. The van der Waals surface area contributed by atoms with Crippen LogP contribution >= 0.6 is 0 Å². The number of rotatable bonds is 4. The van der Waals surface area contributed by atoms with Gasteiger partial charge in [0, 0.05) is 25.4 Å². The molecule has 1 saturated heterocycles. The topological polar surface area (TPSA) is 52.6 Å². The summed E-state index contributed by atoms with van der Waals surface area (Å²) in [5, 5.41) is 12.4. The van der Waals surface area contributed by atoms with Gasteiger partial charge in [0.15, 0.2) is 0 Å². The SMILES string of the molecule is Cc1cccc(C)c1NCC(=O)N1CCC(CO)CC1. The third-order valence-corrected chi connectivity index (χ3v) is 4.12. The van der Waals surface area contributed by atoms with Gasteiger partial charge >= 0.3 is 0 Å². The summed E-state index contributed by atoms with van der Waals surface area (Å²) in [6, 6.07) is 6.12. The Balaban J connectivity index is 1.87. The van der Waals surface area contributed by atoms with Gasteiger partial charge in [-0.3, -0.25) is 4.79 Å². The minimum atomic E-state index is 0.143. The second-order valence-corrected chi connectivity index (χ2v) is 5.63. The van der Waals surface area contributed by atoms with E-state index in [4.69, 9.17) is 5.11 Å². The van der Waals surface area contributed by atoms with E-state index in [1.54, 1.807) is 0 Å². The highest BCUT2D eigenvalue weighted by atomic mass is 16.3. The highest BCUT2D eigenvalue weighted by Gasteiger charge is 2.22. The summed E-state index contributed by atoms with van der Waals surface area (Å²) in [4.78, 5) is 14.1. The number of amides is 1. The highest BCUT2D eigenvalue weighted by molar-refractivity contribution is 5.81. The number of benzene rings is 1. The van der Waals surface area contributed by atoms with Gasteiger partial charge in [0.05, 0.1) is 6.54 Å². The molecule has 20 heavy (non-hydrogen) atoms. The Morgan fingerprint density at radius 1 is 1.30 bits per heavy atom. The number of para-hydroxylation sites is 1. The van der Waals surface area contributed by atoms with Gasteiger partial charge in [0.25, 0.3) is 0 Å². The van der Waals surface area contributed by atoms with E-state index in [0.29, 0.717) is 12.5 Å². The van der Waals surface area contributed by atoms with E-state index in [1.807, 2.05) is 36.9 Å². The van der Waals surface area contributed by atoms with Gasteiger partial charge in [-0.1, -0.05) is 18.2 Å². The smallest absolute Gasteiger partial charge is 0.241 e. The number of nitrogens with zero attached hydrogens (tertiary/aromatic N) is 1. The van der Waals surface area contributed by atoms with Crippen molar-refractivity contribution >= 4 is 11.6 Å². The second-order valence-electron chi connectivity index (χ2n) is 5.63. The molecule has 0 saturated carbocycles. The first-order valence-corrected chi connectivity index (χ1v) is 7.30. The van der Waals surface area contributed by atoms with Crippen molar-refractivity contribution in [2.45, 2.75) is 26.7 Å². The fourth-order valence-electron chi connectivity index (χ4n) is 2.73. The number of carbonyl (C=O) groups is 1. The van der Waals surface area contributed by atoms with E-state index in [9.17, 15) is 4.79 Å². The normalized spacial score (nSPS) is 16.2. The number of nitrogens with one attached hydrogen (secondary N) is 1. The summed E-state index contributed by atoms with van der Waals surface area (Å²) in [7, 11) is 0. The highest BCUT2D eigenvalue weighted by Crippen LogP contribution is 2.20. The lowest BCUT2D eigenvalue weighted by Crippen LogP contribution is -2.42. The molecule has 0 bridgehead atoms. The predicted octanol–water partition coefficient (Wildman–Crippen LogP) is 1.95. The number of anilines is 1. The van der Waals surface area contributed by atoms with Crippen LogP contribution < -0.4 is 5.32 Å². The molecule has 1 aliphatic rings. The Bertz CT molecular complexity index is 445. The third-order valence-electron chi connectivity index (χ3n) is 4.12. The van der Waals surface area contributed by atoms with Crippen molar-refractivity contribution in [1.29, 1.82) is 0 Å². The number of hydrogen-bond acceptors (Lipinski definition) is 3. The summed E-state index contributed by atoms with van der Waals surface area (Å²) in [5.74, 6) is 0.509. The molecule has 1 aromatic carbocycles. The first-order chi connectivity index (χ1) is 9.61. The van der Waals surface area contributed by atoms with E-state index < -0.39 is 0 Å². The van der Waals surface area contributed by atoms with Crippen molar-refractivity contribution in [1.82, 2.24) is 4.90 Å². The molecule has 1 aromatic rings. The number of hydrogen-bond donors (Lipinski definition) is 2. The molecule has 2 rings (SSSR count). The largest absolute Gasteiger partial charge is 0.396 e. The maximum absolute atomic E-state index is 12.2. The van der Waals surface area contributed by atoms with E-state index in [-0.39, 0.29) is 12.5 Å². The van der Waals surface area contributed by atoms with Gasteiger partial charge in [-0.25, -0.2) is 0 Å². The van der Waals surface area contributed by atoms with Crippen LogP contribution in [0.3, 0.4) is 0 Å². The quantitative estimate of drug-likeness (QED) is 0.883. The van der Waals surface area contributed by atoms with Gasteiger partial charge in [-0.2, -0.15) is 0 Å². The Morgan fingerprint density at radius 2 is 1.90 bits per heavy atom. The molecule has 1 heterocycles. The number of carbonyl (C=O) groups excluding carboxylic acids is 1. The number of likely N-dealkylation sites (tertiary alicyclic amines) is 1. The van der Waals surface area contributed by atoms with E-state index >= 15 is 0 Å². The molecule has 110 valence electrons. The van der Waals surface area contributed by atoms with Crippen LogP contribution in [0.1, 0.15) is 24.0 Å². The Labute approximate surface area is 120 Å². The zero-order chi connectivity index (χ0) is 14.5. The number of aliphatic hydroxyl groups excluding tert-OH is 1. The molecule has 4 nitrogen and oxygen atoms in total. The van der Waals surface area contributed by atoms with Gasteiger partial charge < -0.3 is 15.3 Å². The van der Waals surface area contributed by atoms with Crippen molar-refractivity contribution < 1.29 is 9.90 Å². The summed E-state index contributed by atoms with van der Waals surface area (Å²) < 4.78 is 0. The molecule has 1 fully saturated rings. The molecule has 0 unspecified atom stereocenters. The fraction of sp³-hybridized carbons (Fsp3) is 0.562. The van der Waals surface area contributed by atoms with E-state index in [1.165, 1.54) is 0 Å². The molecule has 0 radical (unpaired) electrons. The lowest BCUT2D eigenvalue weighted by Gasteiger charge is -2.31. The van der Waals surface area contributed by atoms with E-state index in [0.717, 1.165) is 42.7 Å². The first kappa shape index (κ1) is 14.9. The Morgan fingerprint density at radius 3 is 2.45 bits per heavy atom. The summed E-state index contributed by atoms with van der Waals surface area (Å²) in [6.07, 6.45) is 1.82. The van der Waals surface area contributed by atoms with Gasteiger partial charge in [-0.15, -0.1) is 0 Å². The minimum absolute atomic E-state index is 0.143. The molecular weight excluding hydrogens is 252 g/mol. The lowest BCUT2D eigenvalue weighted by molar-refractivity contribution is -0.130. The number of aryl methyl sites for hydroxylation is 2. The van der Waals surface area contributed by atoms with Crippen molar-refractivity contribution in [3.8, 4) is 0 Å². The van der Waals surface area contributed by atoms with Crippen LogP contribution in [-0.2, 0) is 4.79 Å². The average Bonchev–Trinajstić information content (AvgIpc) is 2.46.